The second kappa shape index (κ2) is 6.73. The predicted molar refractivity (Wildman–Crippen MR) is 90.7 cm³/mol. The molecule has 1 heterocycles. The fourth-order valence-electron chi connectivity index (χ4n) is 3.08. The van der Waals surface area contributed by atoms with Crippen molar-refractivity contribution in [2.75, 3.05) is 0 Å². The van der Waals surface area contributed by atoms with Crippen molar-refractivity contribution in [2.24, 2.45) is 5.92 Å². The summed E-state index contributed by atoms with van der Waals surface area (Å²) in [5, 5.41) is 10.8. The zero-order chi connectivity index (χ0) is 16.2. The molecular formula is C19H21N3O. The molecule has 0 bridgehead atoms. The van der Waals surface area contributed by atoms with Gasteiger partial charge in [0.15, 0.2) is 0 Å². The molecule has 2 atom stereocenters. The Morgan fingerprint density at radius 1 is 1.26 bits per heavy atom. The first-order valence-electron chi connectivity index (χ1n) is 7.97. The van der Waals surface area contributed by atoms with Crippen molar-refractivity contribution in [3.63, 3.8) is 0 Å². The maximum atomic E-state index is 12.3. The number of carbonyl (C=O) groups is 1. The Bertz CT molecular complexity index is 712. The minimum atomic E-state index is -0.106. The van der Waals surface area contributed by atoms with Crippen molar-refractivity contribution < 1.29 is 4.79 Å². The average Bonchev–Trinajstić information content (AvgIpc) is 2.52. The summed E-state index contributed by atoms with van der Waals surface area (Å²) in [6.07, 6.45) is 5.56. The van der Waals surface area contributed by atoms with E-state index in [9.17, 15) is 4.79 Å². The molecule has 2 aromatic rings. The van der Waals surface area contributed by atoms with Crippen LogP contribution in [0.2, 0.25) is 0 Å². The summed E-state index contributed by atoms with van der Waals surface area (Å²) in [7, 11) is 0. The van der Waals surface area contributed by atoms with Gasteiger partial charge in [-0.15, -0.1) is 0 Å². The van der Waals surface area contributed by atoms with E-state index in [1.165, 1.54) is 0 Å². The molecule has 4 heteroatoms. The molecule has 1 amide bonds. The molecule has 4 nitrogen and oxygen atoms in total. The highest BCUT2D eigenvalue weighted by atomic mass is 16.1. The van der Waals surface area contributed by atoms with Crippen LogP contribution >= 0.6 is 0 Å². The van der Waals surface area contributed by atoms with Crippen molar-refractivity contribution in [2.45, 2.75) is 32.2 Å². The fourth-order valence-corrected chi connectivity index (χ4v) is 3.08. The van der Waals surface area contributed by atoms with Gasteiger partial charge in [0.2, 0.25) is 0 Å². The van der Waals surface area contributed by atoms with E-state index in [4.69, 9.17) is 5.41 Å². The topological polar surface area (TPSA) is 65.8 Å². The van der Waals surface area contributed by atoms with E-state index in [0.717, 1.165) is 29.7 Å². The van der Waals surface area contributed by atoms with E-state index in [2.05, 4.69) is 10.3 Å². The Balaban J connectivity index is 1.67. The third-order valence-electron chi connectivity index (χ3n) is 4.58. The fraction of sp³-hybridized carbons (Fsp3) is 0.316. The van der Waals surface area contributed by atoms with Gasteiger partial charge < -0.3 is 10.7 Å². The number of aromatic nitrogens is 1. The summed E-state index contributed by atoms with van der Waals surface area (Å²) in [6.45, 7) is 2.37. The lowest BCUT2D eigenvalue weighted by atomic mass is 9.68. The quantitative estimate of drug-likeness (QED) is 0.830. The number of carbonyl (C=O) groups excluding carboxylic acids is 1. The van der Waals surface area contributed by atoms with Gasteiger partial charge in [-0.25, -0.2) is 0 Å². The molecule has 0 radical (unpaired) electrons. The third-order valence-corrected chi connectivity index (χ3v) is 4.58. The molecule has 1 aromatic heterocycles. The van der Waals surface area contributed by atoms with Crippen LogP contribution in [0.5, 0.6) is 0 Å². The highest BCUT2D eigenvalue weighted by molar-refractivity contribution is 5.94. The number of amides is 1. The van der Waals surface area contributed by atoms with E-state index in [1.807, 2.05) is 49.5 Å². The maximum absolute atomic E-state index is 12.3. The van der Waals surface area contributed by atoms with Crippen molar-refractivity contribution in [3.8, 4) is 0 Å². The second-order valence-corrected chi connectivity index (χ2v) is 6.15. The first-order valence-corrected chi connectivity index (χ1v) is 7.97. The van der Waals surface area contributed by atoms with Crippen LogP contribution in [0, 0.1) is 11.3 Å². The minimum absolute atomic E-state index is 0.106. The van der Waals surface area contributed by atoms with Crippen molar-refractivity contribution >= 4 is 11.6 Å². The predicted octanol–water partition coefficient (Wildman–Crippen LogP) is 3.54. The Morgan fingerprint density at radius 3 is 2.70 bits per heavy atom. The highest BCUT2D eigenvalue weighted by Gasteiger charge is 2.33. The third kappa shape index (κ3) is 3.47. The molecule has 1 saturated carbocycles. The molecule has 1 aliphatic carbocycles. The SMILES string of the molecule is CC(=N)C1CC[C@H]1c1cncc(C(=O)NCc2ccccc2)c1. The van der Waals surface area contributed by atoms with Gasteiger partial charge in [-0.1, -0.05) is 30.3 Å². The molecular weight excluding hydrogens is 286 g/mol. The van der Waals surface area contributed by atoms with Crippen molar-refractivity contribution in [1.29, 1.82) is 5.41 Å². The largest absolute Gasteiger partial charge is 0.348 e. The zero-order valence-electron chi connectivity index (χ0n) is 13.3. The van der Waals surface area contributed by atoms with Gasteiger partial charge in [0.25, 0.3) is 5.91 Å². The molecule has 1 aromatic carbocycles. The van der Waals surface area contributed by atoms with Gasteiger partial charge in [-0.2, -0.15) is 0 Å². The van der Waals surface area contributed by atoms with Crippen LogP contribution in [-0.2, 0) is 6.54 Å². The van der Waals surface area contributed by atoms with Gasteiger partial charge in [0.1, 0.15) is 0 Å². The van der Waals surface area contributed by atoms with Crippen molar-refractivity contribution in [1.82, 2.24) is 10.3 Å². The van der Waals surface area contributed by atoms with Gasteiger partial charge in [0.05, 0.1) is 5.56 Å². The van der Waals surface area contributed by atoms with Gasteiger partial charge in [-0.05, 0) is 42.9 Å². The molecule has 1 fully saturated rings. The Hall–Kier alpha value is -2.49. The number of benzene rings is 1. The molecule has 23 heavy (non-hydrogen) atoms. The van der Waals surface area contributed by atoms with Crippen LogP contribution in [0.1, 0.15) is 47.2 Å². The maximum Gasteiger partial charge on any atom is 0.253 e. The average molecular weight is 307 g/mol. The zero-order valence-corrected chi connectivity index (χ0v) is 13.3. The summed E-state index contributed by atoms with van der Waals surface area (Å²) >= 11 is 0. The van der Waals surface area contributed by atoms with Crippen LogP contribution in [-0.4, -0.2) is 16.6 Å². The lowest BCUT2D eigenvalue weighted by Crippen LogP contribution is -2.30. The lowest BCUT2D eigenvalue weighted by molar-refractivity contribution is 0.0950. The summed E-state index contributed by atoms with van der Waals surface area (Å²) < 4.78 is 0. The molecule has 3 rings (SSSR count). The van der Waals surface area contributed by atoms with Crippen molar-refractivity contribution in [3.05, 3.63) is 65.5 Å². The number of hydrogen-bond donors (Lipinski definition) is 2. The van der Waals surface area contributed by atoms with E-state index < -0.39 is 0 Å². The van der Waals surface area contributed by atoms with Gasteiger partial charge in [-0.3, -0.25) is 9.78 Å². The number of nitrogens with zero attached hydrogens (tertiary/aromatic N) is 1. The number of hydrogen-bond acceptors (Lipinski definition) is 3. The lowest BCUT2D eigenvalue weighted by Gasteiger charge is -2.36. The smallest absolute Gasteiger partial charge is 0.253 e. The highest BCUT2D eigenvalue weighted by Crippen LogP contribution is 2.42. The van der Waals surface area contributed by atoms with Crippen LogP contribution in [0.4, 0.5) is 0 Å². The summed E-state index contributed by atoms with van der Waals surface area (Å²) in [4.78, 5) is 16.5. The van der Waals surface area contributed by atoms with E-state index in [-0.39, 0.29) is 5.91 Å². The Labute approximate surface area is 136 Å². The molecule has 0 spiro atoms. The number of rotatable bonds is 5. The molecule has 0 aliphatic heterocycles. The Morgan fingerprint density at radius 2 is 2.04 bits per heavy atom. The molecule has 1 aliphatic rings. The molecule has 0 saturated heterocycles. The normalized spacial score (nSPS) is 19.7. The van der Waals surface area contributed by atoms with Gasteiger partial charge >= 0.3 is 0 Å². The Kier molecular flexibility index (Phi) is 4.51. The van der Waals surface area contributed by atoms with Crippen LogP contribution in [0.25, 0.3) is 0 Å². The first kappa shape index (κ1) is 15.4. The van der Waals surface area contributed by atoms with Crippen LogP contribution in [0.3, 0.4) is 0 Å². The minimum Gasteiger partial charge on any atom is -0.348 e. The molecule has 1 unspecified atom stereocenters. The van der Waals surface area contributed by atoms with E-state index in [1.54, 1.807) is 6.20 Å². The summed E-state index contributed by atoms with van der Waals surface area (Å²) in [6, 6.07) is 11.8. The van der Waals surface area contributed by atoms with E-state index >= 15 is 0 Å². The number of pyridine rings is 1. The molecule has 118 valence electrons. The monoisotopic (exact) mass is 307 g/mol. The van der Waals surface area contributed by atoms with Gasteiger partial charge in [0, 0.05) is 30.6 Å². The number of nitrogens with one attached hydrogen (secondary N) is 2. The van der Waals surface area contributed by atoms with Crippen LogP contribution < -0.4 is 5.32 Å². The summed E-state index contributed by atoms with van der Waals surface area (Å²) in [5.74, 6) is 0.534. The van der Waals surface area contributed by atoms with E-state index in [0.29, 0.717) is 23.9 Å². The first-order chi connectivity index (χ1) is 11.1. The second-order valence-electron chi connectivity index (χ2n) is 6.15. The molecule has 2 N–H and O–H groups in total. The summed E-state index contributed by atoms with van der Waals surface area (Å²) in [5.41, 5.74) is 3.45. The standard InChI is InChI=1S/C19H21N3O/c1-13(20)17-7-8-18(17)15-9-16(12-21-11-15)19(23)22-10-14-5-3-2-4-6-14/h2-6,9,11-12,17-18,20H,7-8,10H2,1H3,(H,22,23)/t17?,18-/m0/s1. The van der Waals surface area contributed by atoms with Crippen LogP contribution in [0.15, 0.2) is 48.8 Å².